The Morgan fingerprint density at radius 3 is 2.18 bits per heavy atom. The number of hydrogen-bond donors (Lipinski definition) is 4. The zero-order valence-electron chi connectivity index (χ0n) is 47.5. The molecule has 5 rings (SSSR count). The Hall–Kier alpha value is -3.70. The first-order valence-corrected chi connectivity index (χ1v) is 26.3. The maximum atomic E-state index is 14.9. The second kappa shape index (κ2) is 23.9. The van der Waals surface area contributed by atoms with Crippen LogP contribution in [0.5, 0.6) is 5.75 Å². The minimum atomic E-state index is -1.76. The standard InChI is InChI=1S/C54H91N5O15/c1-19-39-53(12)44(56-49(64)74-53)32(4)41(60)30(2)27-51(10,73-48(55)63)45(72-47-42(61)37(57(13)14)26-31(3)68-47)33(5)43(34(6)46(62)70-39)71-40-28-52(11,67-18)54(65,35(7)69-40)29-58(15)24-25-59(16)50(8,9)36-22-20-21-23-38(36)66-17/h20-23,30-35,37,39-40,42-45,47,61,65H,19,24-29H2,1-18H3,(H2,55,63)(H,56,64)/t30-,31-,32+,33+,34-,35+,37+,39-,40+,42-,43+,44-,45-,47+,51+,52-,53-,54-/m1/s1. The third-order valence-electron chi connectivity index (χ3n) is 17.3. The molecular formula is C54H91N5O15. The number of nitrogens with zero attached hydrogens (tertiary/aromatic N) is 3. The summed E-state index contributed by atoms with van der Waals surface area (Å²) in [4.78, 5) is 61.9. The van der Waals surface area contributed by atoms with Crippen molar-refractivity contribution in [3.63, 3.8) is 0 Å². The molecule has 4 aliphatic heterocycles. The quantitative estimate of drug-likeness (QED) is 0.128. The highest BCUT2D eigenvalue weighted by atomic mass is 16.7. The predicted molar refractivity (Wildman–Crippen MR) is 275 cm³/mol. The number of alkyl carbamates (subject to hydrolysis) is 1. The van der Waals surface area contributed by atoms with E-state index in [4.69, 9.17) is 48.4 Å². The van der Waals surface area contributed by atoms with Gasteiger partial charge in [-0.05, 0) is 109 Å². The molecule has 4 aliphatic rings. The molecule has 0 bridgehead atoms. The molecule has 4 saturated heterocycles. The summed E-state index contributed by atoms with van der Waals surface area (Å²) in [6.07, 6.45) is -9.83. The molecule has 0 radical (unpaired) electrons. The van der Waals surface area contributed by atoms with E-state index >= 15 is 0 Å². The Labute approximate surface area is 439 Å². The van der Waals surface area contributed by atoms with Crippen molar-refractivity contribution in [2.45, 2.75) is 198 Å². The van der Waals surface area contributed by atoms with Crippen molar-refractivity contribution in [1.82, 2.24) is 20.0 Å². The molecule has 4 heterocycles. The lowest BCUT2D eigenvalue weighted by Crippen LogP contribution is -2.70. The normalized spacial score (nSPS) is 39.7. The Kier molecular flexibility index (Phi) is 19.8. The molecule has 18 atom stereocenters. The van der Waals surface area contributed by atoms with E-state index in [1.54, 1.807) is 69.4 Å². The van der Waals surface area contributed by atoms with E-state index < -0.39 is 119 Å². The van der Waals surface area contributed by atoms with Crippen LogP contribution in [-0.4, -0.2) is 195 Å². The number of aliphatic hydroxyl groups excluding tert-OH is 1. The highest BCUT2D eigenvalue weighted by Gasteiger charge is 2.61. The zero-order valence-corrected chi connectivity index (χ0v) is 47.5. The summed E-state index contributed by atoms with van der Waals surface area (Å²) >= 11 is 0. The average molecular weight is 1050 g/mol. The molecule has 1 aromatic rings. The predicted octanol–water partition coefficient (Wildman–Crippen LogP) is 4.82. The number of amides is 2. The molecule has 0 aliphatic carbocycles. The second-order valence-electron chi connectivity index (χ2n) is 23.1. The number of fused-ring (bicyclic) bond motifs is 1. The average Bonchev–Trinajstić information content (AvgIpc) is 3.65. The summed E-state index contributed by atoms with van der Waals surface area (Å²) in [5, 5.41) is 27.5. The summed E-state index contributed by atoms with van der Waals surface area (Å²) in [5.41, 5.74) is 0.411. The molecule has 2 amide bonds. The molecule has 20 heteroatoms. The molecule has 4 fully saturated rings. The lowest BCUT2D eigenvalue weighted by Gasteiger charge is -2.54. The number of esters is 1. The monoisotopic (exact) mass is 1050 g/mol. The van der Waals surface area contributed by atoms with E-state index in [1.807, 2.05) is 56.1 Å². The number of primary amides is 1. The fourth-order valence-electron chi connectivity index (χ4n) is 12.3. The number of benzene rings is 1. The number of nitrogens with two attached hydrogens (primary N) is 1. The first-order chi connectivity index (χ1) is 34.3. The molecule has 1 aromatic carbocycles. The van der Waals surface area contributed by atoms with E-state index in [2.05, 4.69) is 37.2 Å². The number of carbonyl (C=O) groups is 4. The molecule has 0 spiro atoms. The van der Waals surface area contributed by atoms with Gasteiger partial charge in [-0.25, -0.2) is 9.59 Å². The Morgan fingerprint density at radius 2 is 1.58 bits per heavy atom. The van der Waals surface area contributed by atoms with E-state index in [-0.39, 0.29) is 43.2 Å². The highest BCUT2D eigenvalue weighted by Crippen LogP contribution is 2.45. The number of ketones is 1. The first-order valence-electron chi connectivity index (χ1n) is 26.3. The van der Waals surface area contributed by atoms with Crippen molar-refractivity contribution in [2.24, 2.45) is 29.4 Å². The van der Waals surface area contributed by atoms with Crippen LogP contribution >= 0.6 is 0 Å². The maximum Gasteiger partial charge on any atom is 0.408 e. The number of methoxy groups -OCH3 is 2. The fraction of sp³-hybridized carbons (Fsp3) is 0.815. The van der Waals surface area contributed by atoms with Crippen molar-refractivity contribution in [3.05, 3.63) is 29.8 Å². The number of para-hydroxylation sites is 1. The number of likely N-dealkylation sites (N-methyl/N-ethyl adjacent to an activating group) is 3. The van der Waals surface area contributed by atoms with Crippen LogP contribution in [0.2, 0.25) is 0 Å². The van der Waals surface area contributed by atoms with Crippen LogP contribution in [0.15, 0.2) is 24.3 Å². The van der Waals surface area contributed by atoms with Gasteiger partial charge in [-0.1, -0.05) is 45.9 Å². The Bertz CT molecular complexity index is 2100. The second-order valence-corrected chi connectivity index (χ2v) is 23.1. The number of Topliss-reactive ketones (excluding diaryl/α,β-unsaturated/α-hetero) is 1. The number of hydrogen-bond acceptors (Lipinski definition) is 18. The van der Waals surface area contributed by atoms with Crippen LogP contribution in [0.1, 0.15) is 114 Å². The third-order valence-corrected chi connectivity index (χ3v) is 17.3. The zero-order chi connectivity index (χ0) is 55.6. The number of nitrogens with one attached hydrogen (secondary N) is 1. The summed E-state index contributed by atoms with van der Waals surface area (Å²) in [5.74, 6) is -4.09. The van der Waals surface area contributed by atoms with E-state index in [0.29, 0.717) is 19.5 Å². The lowest BCUT2D eigenvalue weighted by molar-refractivity contribution is -0.338. The summed E-state index contributed by atoms with van der Waals surface area (Å²) < 4.78 is 57.2. The topological polar surface area (TPSA) is 240 Å². The van der Waals surface area contributed by atoms with Crippen LogP contribution in [-0.2, 0) is 53.0 Å². The van der Waals surface area contributed by atoms with Crippen molar-refractivity contribution in [2.75, 3.05) is 62.0 Å². The van der Waals surface area contributed by atoms with Gasteiger partial charge in [0.2, 0.25) is 0 Å². The van der Waals surface area contributed by atoms with Gasteiger partial charge in [-0.2, -0.15) is 0 Å². The van der Waals surface area contributed by atoms with Gasteiger partial charge in [0.1, 0.15) is 46.6 Å². The van der Waals surface area contributed by atoms with Gasteiger partial charge in [0.15, 0.2) is 18.2 Å². The summed E-state index contributed by atoms with van der Waals surface area (Å²) in [6, 6.07) is 6.62. The van der Waals surface area contributed by atoms with Crippen molar-refractivity contribution < 1.29 is 72.0 Å². The van der Waals surface area contributed by atoms with E-state index in [1.165, 1.54) is 7.11 Å². The van der Waals surface area contributed by atoms with Crippen molar-refractivity contribution in [1.29, 1.82) is 0 Å². The van der Waals surface area contributed by atoms with Crippen LogP contribution in [0.25, 0.3) is 0 Å². The molecule has 20 nitrogen and oxygen atoms in total. The third kappa shape index (κ3) is 12.5. The minimum Gasteiger partial charge on any atom is -0.496 e. The number of rotatable bonds is 16. The van der Waals surface area contributed by atoms with Crippen molar-refractivity contribution in [3.8, 4) is 5.75 Å². The lowest BCUT2D eigenvalue weighted by atomic mass is 9.73. The SMILES string of the molecule is CC[C@H]1OC(=O)[C@H](C)[C@@H](O[C@H]2C[C@@](C)(OC)[C@@](O)(CN(C)CCN(C)C(C)(C)c3ccccc3OC)[C@H](C)O2)[C@H](C)[C@@H](O[C@@H]2O[C@H](C)C[C@H](N(C)C)[C@H]2O)[C@@](C)(OC(N)=O)C[C@@H](C)C(=O)[C@H](C)[C@H]2NC(=O)O[C@@]21C. The minimum absolute atomic E-state index is 0.0145. The van der Waals surface area contributed by atoms with Gasteiger partial charge >= 0.3 is 18.2 Å². The van der Waals surface area contributed by atoms with Gasteiger partial charge in [0.25, 0.3) is 0 Å². The molecule has 5 N–H and O–H groups in total. The molecule has 0 unspecified atom stereocenters. The number of cyclic esters (lactones) is 1. The van der Waals surface area contributed by atoms with Crippen molar-refractivity contribution >= 4 is 23.9 Å². The smallest absolute Gasteiger partial charge is 0.408 e. The fourth-order valence-corrected chi connectivity index (χ4v) is 12.3. The first kappa shape index (κ1) is 61.2. The Balaban J connectivity index is 1.55. The van der Waals surface area contributed by atoms with Crippen LogP contribution in [0.3, 0.4) is 0 Å². The van der Waals surface area contributed by atoms with Crippen LogP contribution in [0, 0.1) is 23.7 Å². The van der Waals surface area contributed by atoms with Crippen LogP contribution in [0.4, 0.5) is 9.59 Å². The van der Waals surface area contributed by atoms with Crippen LogP contribution < -0.4 is 15.8 Å². The van der Waals surface area contributed by atoms with E-state index in [0.717, 1.165) is 11.3 Å². The number of aliphatic hydroxyl groups is 2. The maximum absolute atomic E-state index is 14.9. The highest BCUT2D eigenvalue weighted by molar-refractivity contribution is 5.85. The number of ether oxygens (including phenoxy) is 9. The van der Waals surface area contributed by atoms with E-state index in [9.17, 15) is 29.4 Å². The summed E-state index contributed by atoms with van der Waals surface area (Å²) in [7, 11) is 10.9. The molecule has 74 heavy (non-hydrogen) atoms. The van der Waals surface area contributed by atoms with Gasteiger partial charge in [-0.15, -0.1) is 0 Å². The van der Waals surface area contributed by atoms with Gasteiger partial charge in [-0.3, -0.25) is 14.5 Å². The van der Waals surface area contributed by atoms with Gasteiger partial charge in [0.05, 0.1) is 37.4 Å². The van der Waals surface area contributed by atoms with Gasteiger partial charge in [0, 0.05) is 68.1 Å². The molecule has 0 saturated carbocycles. The molecular weight excluding hydrogens is 959 g/mol. The summed E-state index contributed by atoms with van der Waals surface area (Å²) in [6.45, 7) is 22.8. The largest absolute Gasteiger partial charge is 0.496 e. The molecule has 0 aromatic heterocycles. The number of carbonyl (C=O) groups excluding carboxylic acids is 4. The Morgan fingerprint density at radius 1 is 0.932 bits per heavy atom. The molecule has 422 valence electrons. The van der Waals surface area contributed by atoms with Gasteiger partial charge < -0.3 is 73.7 Å².